The van der Waals surface area contributed by atoms with Gasteiger partial charge in [-0.25, -0.2) is 5.01 Å². The van der Waals surface area contributed by atoms with E-state index < -0.39 is 5.66 Å². The van der Waals surface area contributed by atoms with E-state index in [1.54, 1.807) is 10.0 Å². The predicted octanol–water partition coefficient (Wildman–Crippen LogP) is 1.19. The number of amides is 1. The second-order valence-corrected chi connectivity index (χ2v) is 4.46. The summed E-state index contributed by atoms with van der Waals surface area (Å²) in [6, 6.07) is 9.56. The van der Waals surface area contributed by atoms with E-state index in [2.05, 4.69) is 0 Å². The van der Waals surface area contributed by atoms with Crippen LogP contribution in [0.5, 0.6) is 0 Å². The molecule has 1 aliphatic rings. The van der Waals surface area contributed by atoms with Crippen LogP contribution in [-0.2, 0) is 4.79 Å². The van der Waals surface area contributed by atoms with Gasteiger partial charge in [-0.3, -0.25) is 4.79 Å². The molecule has 86 valence electrons. The molecule has 0 radical (unpaired) electrons. The maximum absolute atomic E-state index is 12.1. The van der Waals surface area contributed by atoms with Crippen LogP contribution in [0.25, 0.3) is 0 Å². The van der Waals surface area contributed by atoms with Crippen molar-refractivity contribution in [1.29, 1.82) is 0 Å². The normalized spacial score (nSPS) is 31.1. The quantitative estimate of drug-likeness (QED) is 0.772. The van der Waals surface area contributed by atoms with Gasteiger partial charge in [0.25, 0.3) is 0 Å². The molecule has 0 aromatic heterocycles. The number of anilines is 1. The standard InChI is InChI=1S/C12H17N3O/c1-9-11(16)15(14(3)12(9,2)13)10-7-5-4-6-8-10/h4-9H,13H2,1-3H3. The predicted molar refractivity (Wildman–Crippen MR) is 63.4 cm³/mol. The minimum absolute atomic E-state index is 0.0405. The topological polar surface area (TPSA) is 49.6 Å². The highest BCUT2D eigenvalue weighted by Crippen LogP contribution is 2.33. The minimum Gasteiger partial charge on any atom is -0.311 e. The Kier molecular flexibility index (Phi) is 2.48. The summed E-state index contributed by atoms with van der Waals surface area (Å²) in [5.41, 5.74) is 6.37. The molecule has 1 saturated heterocycles. The van der Waals surface area contributed by atoms with E-state index >= 15 is 0 Å². The number of nitrogens with two attached hydrogens (primary N) is 1. The summed E-state index contributed by atoms with van der Waals surface area (Å²) in [6.45, 7) is 3.74. The van der Waals surface area contributed by atoms with E-state index in [1.165, 1.54) is 0 Å². The van der Waals surface area contributed by atoms with Crippen molar-refractivity contribution in [2.45, 2.75) is 19.5 Å². The molecule has 1 amide bonds. The summed E-state index contributed by atoms with van der Waals surface area (Å²) in [5.74, 6) is -0.170. The molecule has 4 heteroatoms. The van der Waals surface area contributed by atoms with Gasteiger partial charge in [0, 0.05) is 7.05 Å². The van der Waals surface area contributed by atoms with Crippen LogP contribution in [0.3, 0.4) is 0 Å². The fourth-order valence-corrected chi connectivity index (χ4v) is 1.95. The Morgan fingerprint density at radius 1 is 1.31 bits per heavy atom. The Morgan fingerprint density at radius 2 is 1.88 bits per heavy atom. The lowest BCUT2D eigenvalue weighted by molar-refractivity contribution is -0.120. The Balaban J connectivity index is 2.41. The van der Waals surface area contributed by atoms with Crippen molar-refractivity contribution in [2.24, 2.45) is 11.7 Å². The smallest absolute Gasteiger partial charge is 0.247 e. The Bertz CT molecular complexity index is 402. The van der Waals surface area contributed by atoms with Gasteiger partial charge in [0.15, 0.2) is 0 Å². The molecule has 2 rings (SSSR count). The van der Waals surface area contributed by atoms with Crippen LogP contribution in [-0.4, -0.2) is 23.6 Å². The van der Waals surface area contributed by atoms with E-state index in [0.29, 0.717) is 0 Å². The number of carbonyl (C=O) groups is 1. The third-order valence-electron chi connectivity index (χ3n) is 3.45. The van der Waals surface area contributed by atoms with Crippen molar-refractivity contribution in [3.8, 4) is 0 Å². The molecule has 1 aromatic carbocycles. The lowest BCUT2D eigenvalue weighted by Gasteiger charge is -2.33. The number of carbonyl (C=O) groups excluding carboxylic acids is 1. The van der Waals surface area contributed by atoms with E-state index in [1.807, 2.05) is 51.2 Å². The molecule has 0 aliphatic carbocycles. The van der Waals surface area contributed by atoms with Crippen LogP contribution in [0.15, 0.2) is 30.3 Å². The first-order chi connectivity index (χ1) is 7.46. The summed E-state index contributed by atoms with van der Waals surface area (Å²) < 4.78 is 0. The van der Waals surface area contributed by atoms with Crippen LogP contribution < -0.4 is 10.7 Å². The molecule has 0 bridgehead atoms. The fourth-order valence-electron chi connectivity index (χ4n) is 1.95. The third-order valence-corrected chi connectivity index (χ3v) is 3.45. The number of hydrogen-bond donors (Lipinski definition) is 1. The fraction of sp³-hybridized carbons (Fsp3) is 0.417. The molecular weight excluding hydrogens is 202 g/mol. The lowest BCUT2D eigenvalue weighted by Crippen LogP contribution is -2.54. The van der Waals surface area contributed by atoms with Gasteiger partial charge in [0.2, 0.25) is 5.91 Å². The van der Waals surface area contributed by atoms with Crippen LogP contribution in [0.1, 0.15) is 13.8 Å². The van der Waals surface area contributed by atoms with Crippen molar-refractivity contribution < 1.29 is 4.79 Å². The Labute approximate surface area is 95.6 Å². The molecule has 2 N–H and O–H groups in total. The number of benzene rings is 1. The van der Waals surface area contributed by atoms with E-state index in [4.69, 9.17) is 5.73 Å². The molecule has 1 heterocycles. The second kappa shape index (κ2) is 3.57. The van der Waals surface area contributed by atoms with E-state index in [9.17, 15) is 4.79 Å². The van der Waals surface area contributed by atoms with Crippen molar-refractivity contribution >= 4 is 11.6 Å². The highest BCUT2D eigenvalue weighted by atomic mass is 16.2. The number of hydrazine groups is 1. The first-order valence-corrected chi connectivity index (χ1v) is 5.38. The molecule has 2 unspecified atom stereocenters. The van der Waals surface area contributed by atoms with Crippen LogP contribution >= 0.6 is 0 Å². The molecular formula is C12H17N3O. The van der Waals surface area contributed by atoms with E-state index in [-0.39, 0.29) is 11.8 Å². The first-order valence-electron chi connectivity index (χ1n) is 5.38. The van der Waals surface area contributed by atoms with Crippen molar-refractivity contribution in [3.05, 3.63) is 30.3 Å². The molecule has 0 spiro atoms. The second-order valence-electron chi connectivity index (χ2n) is 4.46. The molecule has 0 saturated carbocycles. The summed E-state index contributed by atoms with van der Waals surface area (Å²) >= 11 is 0. The van der Waals surface area contributed by atoms with Gasteiger partial charge in [-0.15, -0.1) is 0 Å². The van der Waals surface area contributed by atoms with Gasteiger partial charge in [-0.05, 0) is 19.1 Å². The summed E-state index contributed by atoms with van der Waals surface area (Å²) in [5, 5.41) is 3.44. The molecule has 1 aliphatic heterocycles. The average Bonchev–Trinajstić information content (AvgIpc) is 2.42. The number of nitrogens with zero attached hydrogens (tertiary/aromatic N) is 2. The van der Waals surface area contributed by atoms with Crippen LogP contribution in [0.2, 0.25) is 0 Å². The SMILES string of the molecule is CC1C(=O)N(c2ccccc2)N(C)C1(C)N. The maximum Gasteiger partial charge on any atom is 0.247 e. The summed E-state index contributed by atoms with van der Waals surface area (Å²) in [7, 11) is 1.84. The largest absolute Gasteiger partial charge is 0.311 e. The van der Waals surface area contributed by atoms with Gasteiger partial charge in [-0.2, -0.15) is 5.01 Å². The zero-order valence-electron chi connectivity index (χ0n) is 9.84. The van der Waals surface area contributed by atoms with Crippen molar-refractivity contribution in [1.82, 2.24) is 5.01 Å². The van der Waals surface area contributed by atoms with Crippen LogP contribution in [0.4, 0.5) is 5.69 Å². The number of rotatable bonds is 1. The zero-order valence-corrected chi connectivity index (χ0v) is 9.84. The number of para-hydroxylation sites is 1. The molecule has 1 aromatic rings. The molecule has 4 nitrogen and oxygen atoms in total. The monoisotopic (exact) mass is 219 g/mol. The van der Waals surface area contributed by atoms with Gasteiger partial charge < -0.3 is 5.73 Å². The van der Waals surface area contributed by atoms with Gasteiger partial charge >= 0.3 is 0 Å². The van der Waals surface area contributed by atoms with Crippen molar-refractivity contribution in [3.63, 3.8) is 0 Å². The molecule has 16 heavy (non-hydrogen) atoms. The summed E-state index contributed by atoms with van der Waals surface area (Å²) in [4.78, 5) is 12.1. The maximum atomic E-state index is 12.1. The lowest BCUT2D eigenvalue weighted by atomic mass is 9.98. The van der Waals surface area contributed by atoms with Gasteiger partial charge in [0.05, 0.1) is 17.3 Å². The highest BCUT2D eigenvalue weighted by molar-refractivity contribution is 5.97. The van der Waals surface area contributed by atoms with E-state index in [0.717, 1.165) is 5.69 Å². The van der Waals surface area contributed by atoms with Crippen molar-refractivity contribution in [2.75, 3.05) is 12.1 Å². The van der Waals surface area contributed by atoms with Crippen LogP contribution in [0, 0.1) is 5.92 Å². The molecule has 1 fully saturated rings. The summed E-state index contributed by atoms with van der Waals surface area (Å²) in [6.07, 6.45) is 0. The Morgan fingerprint density at radius 3 is 2.31 bits per heavy atom. The third kappa shape index (κ3) is 1.42. The highest BCUT2D eigenvalue weighted by Gasteiger charge is 2.49. The molecule has 2 atom stereocenters. The average molecular weight is 219 g/mol. The zero-order chi connectivity index (χ0) is 11.9. The first kappa shape index (κ1) is 11.1. The Hall–Kier alpha value is -1.39. The van der Waals surface area contributed by atoms with Gasteiger partial charge in [-0.1, -0.05) is 25.1 Å². The number of hydrogen-bond acceptors (Lipinski definition) is 3. The minimum atomic E-state index is -0.632. The van der Waals surface area contributed by atoms with Gasteiger partial charge in [0.1, 0.15) is 0 Å².